The molecule has 0 aromatic rings. The quantitative estimate of drug-likeness (QED) is 0.612. The van der Waals surface area contributed by atoms with Gasteiger partial charge < -0.3 is 16.2 Å². The van der Waals surface area contributed by atoms with Gasteiger partial charge in [0, 0.05) is 13.0 Å². The highest BCUT2D eigenvalue weighted by Gasteiger charge is 2.27. The van der Waals surface area contributed by atoms with Gasteiger partial charge in [-0.15, -0.1) is 0 Å². The lowest BCUT2D eigenvalue weighted by atomic mass is 9.82. The number of hydrogen-bond donors (Lipinski definition) is 3. The van der Waals surface area contributed by atoms with E-state index in [4.69, 9.17) is 10.8 Å². The average molecular weight is 256 g/mol. The summed E-state index contributed by atoms with van der Waals surface area (Å²) in [4.78, 5) is 11.7. The van der Waals surface area contributed by atoms with Crippen molar-refractivity contribution >= 4 is 5.91 Å². The van der Waals surface area contributed by atoms with Gasteiger partial charge in [-0.2, -0.15) is 0 Å². The summed E-state index contributed by atoms with van der Waals surface area (Å²) in [6, 6.07) is 0. The van der Waals surface area contributed by atoms with Crippen LogP contribution < -0.4 is 11.1 Å². The number of rotatable bonds is 8. The van der Waals surface area contributed by atoms with Crippen LogP contribution in [0.25, 0.3) is 0 Å². The van der Waals surface area contributed by atoms with Crippen molar-refractivity contribution in [1.82, 2.24) is 5.32 Å². The van der Waals surface area contributed by atoms with E-state index in [-0.39, 0.29) is 12.0 Å². The summed E-state index contributed by atoms with van der Waals surface area (Å²) in [6.07, 6.45) is 4.05. The molecule has 1 rings (SSSR count). The zero-order chi connectivity index (χ0) is 13.5. The maximum absolute atomic E-state index is 11.7. The van der Waals surface area contributed by atoms with Crippen molar-refractivity contribution in [3.8, 4) is 0 Å². The lowest BCUT2D eigenvalue weighted by Crippen LogP contribution is -2.38. The zero-order valence-electron chi connectivity index (χ0n) is 11.7. The first kappa shape index (κ1) is 15.4. The second-order valence-corrected chi connectivity index (χ2v) is 5.92. The summed E-state index contributed by atoms with van der Waals surface area (Å²) in [5.74, 6) is 1.75. The highest BCUT2D eigenvalue weighted by molar-refractivity contribution is 5.75. The Morgan fingerprint density at radius 2 is 2.06 bits per heavy atom. The Labute approximate surface area is 110 Å². The molecule has 4 nitrogen and oxygen atoms in total. The molecule has 1 aliphatic carbocycles. The maximum atomic E-state index is 11.7. The van der Waals surface area contributed by atoms with Crippen LogP contribution in [0.1, 0.15) is 46.0 Å². The van der Waals surface area contributed by atoms with Crippen molar-refractivity contribution in [2.24, 2.45) is 23.5 Å². The van der Waals surface area contributed by atoms with E-state index in [1.54, 1.807) is 0 Å². The normalized spacial score (nSPS) is 24.7. The van der Waals surface area contributed by atoms with Crippen molar-refractivity contribution in [3.63, 3.8) is 0 Å². The van der Waals surface area contributed by atoms with E-state index in [1.807, 2.05) is 0 Å². The molecule has 4 heteroatoms. The smallest absolute Gasteiger partial charge is 0.220 e. The lowest BCUT2D eigenvalue weighted by molar-refractivity contribution is -0.122. The molecule has 1 atom stereocenters. The van der Waals surface area contributed by atoms with E-state index in [0.717, 1.165) is 32.2 Å². The zero-order valence-corrected chi connectivity index (χ0v) is 11.7. The van der Waals surface area contributed by atoms with Crippen LogP contribution in [0.15, 0.2) is 0 Å². The van der Waals surface area contributed by atoms with E-state index >= 15 is 0 Å². The van der Waals surface area contributed by atoms with Gasteiger partial charge in [-0.3, -0.25) is 4.79 Å². The van der Waals surface area contributed by atoms with E-state index < -0.39 is 0 Å². The van der Waals surface area contributed by atoms with Gasteiger partial charge in [-0.05, 0) is 50.0 Å². The molecule has 0 radical (unpaired) electrons. The van der Waals surface area contributed by atoms with Crippen molar-refractivity contribution in [3.05, 3.63) is 0 Å². The van der Waals surface area contributed by atoms with Gasteiger partial charge in [0.2, 0.25) is 5.91 Å². The summed E-state index contributed by atoms with van der Waals surface area (Å²) >= 11 is 0. The number of amides is 1. The fourth-order valence-electron chi connectivity index (χ4n) is 2.56. The third-order valence-corrected chi connectivity index (χ3v) is 4.02. The minimum atomic E-state index is -0.137. The molecule has 0 aromatic heterocycles. The second kappa shape index (κ2) is 7.74. The monoisotopic (exact) mass is 256 g/mol. The largest absolute Gasteiger partial charge is 0.393 e. The molecule has 4 N–H and O–H groups in total. The second-order valence-electron chi connectivity index (χ2n) is 5.92. The molecule has 0 bridgehead atoms. The van der Waals surface area contributed by atoms with Crippen LogP contribution in [-0.2, 0) is 4.79 Å². The number of nitrogens with one attached hydrogen (secondary N) is 1. The number of aliphatic hydroxyl groups excluding tert-OH is 1. The van der Waals surface area contributed by atoms with Crippen molar-refractivity contribution in [2.45, 2.75) is 52.1 Å². The molecule has 1 saturated carbocycles. The summed E-state index contributed by atoms with van der Waals surface area (Å²) in [6.45, 7) is 5.80. The molecule has 1 amide bonds. The molecule has 0 heterocycles. The summed E-state index contributed by atoms with van der Waals surface area (Å²) in [5, 5.41) is 12.1. The Kier molecular flexibility index (Phi) is 6.65. The third kappa shape index (κ3) is 5.36. The van der Waals surface area contributed by atoms with Crippen LogP contribution in [0.5, 0.6) is 0 Å². The van der Waals surface area contributed by atoms with Gasteiger partial charge in [-0.1, -0.05) is 13.8 Å². The van der Waals surface area contributed by atoms with Crippen LogP contribution in [-0.4, -0.2) is 30.2 Å². The highest BCUT2D eigenvalue weighted by atomic mass is 16.3. The summed E-state index contributed by atoms with van der Waals surface area (Å²) in [5.41, 5.74) is 5.59. The first-order valence-corrected chi connectivity index (χ1v) is 7.17. The lowest BCUT2D eigenvalue weighted by Gasteiger charge is -2.31. The van der Waals surface area contributed by atoms with Crippen LogP contribution in [0.3, 0.4) is 0 Å². The Morgan fingerprint density at radius 1 is 1.39 bits per heavy atom. The first-order valence-electron chi connectivity index (χ1n) is 7.17. The molecule has 0 aliphatic heterocycles. The van der Waals surface area contributed by atoms with Crippen LogP contribution in [0.2, 0.25) is 0 Å². The predicted octanol–water partition coefficient (Wildman–Crippen LogP) is 1.27. The molecule has 18 heavy (non-hydrogen) atoms. The van der Waals surface area contributed by atoms with Crippen LogP contribution >= 0.6 is 0 Å². The molecule has 1 aliphatic rings. The number of carbonyl (C=O) groups is 1. The maximum Gasteiger partial charge on any atom is 0.220 e. The highest BCUT2D eigenvalue weighted by Crippen LogP contribution is 2.26. The number of hydrogen-bond acceptors (Lipinski definition) is 3. The fraction of sp³-hybridized carbons (Fsp3) is 0.929. The Balaban J connectivity index is 2.11. The average Bonchev–Trinajstić information content (AvgIpc) is 2.28. The Hall–Kier alpha value is -0.610. The van der Waals surface area contributed by atoms with Gasteiger partial charge in [0.1, 0.15) is 0 Å². The van der Waals surface area contributed by atoms with E-state index in [2.05, 4.69) is 19.2 Å². The molecule has 1 fully saturated rings. The predicted molar refractivity (Wildman–Crippen MR) is 73.0 cm³/mol. The molecule has 0 saturated heterocycles. The minimum absolute atomic E-state index is 0.137. The van der Waals surface area contributed by atoms with E-state index in [0.29, 0.717) is 30.7 Å². The minimum Gasteiger partial charge on any atom is -0.393 e. The standard InChI is InChI=1S/C14H28N2O2/c1-10(2)12(5-6-15)3-4-14(18)16-9-11-7-13(17)8-11/h10-13,17H,3-9,15H2,1-2H3,(H,16,18). The fourth-order valence-corrected chi connectivity index (χ4v) is 2.56. The Bertz CT molecular complexity index is 250. The van der Waals surface area contributed by atoms with Gasteiger partial charge in [0.05, 0.1) is 6.10 Å². The summed E-state index contributed by atoms with van der Waals surface area (Å²) < 4.78 is 0. The van der Waals surface area contributed by atoms with Crippen LogP contribution in [0.4, 0.5) is 0 Å². The van der Waals surface area contributed by atoms with E-state index in [1.165, 1.54) is 0 Å². The molecule has 0 aromatic carbocycles. The number of nitrogens with two attached hydrogens (primary N) is 1. The van der Waals surface area contributed by atoms with Crippen molar-refractivity contribution in [2.75, 3.05) is 13.1 Å². The molecule has 0 spiro atoms. The van der Waals surface area contributed by atoms with Gasteiger partial charge in [-0.25, -0.2) is 0 Å². The molecule has 106 valence electrons. The Morgan fingerprint density at radius 3 is 2.56 bits per heavy atom. The summed E-state index contributed by atoms with van der Waals surface area (Å²) in [7, 11) is 0. The molecular formula is C14H28N2O2. The molecular weight excluding hydrogens is 228 g/mol. The van der Waals surface area contributed by atoms with E-state index in [9.17, 15) is 4.79 Å². The van der Waals surface area contributed by atoms with Gasteiger partial charge >= 0.3 is 0 Å². The number of carbonyl (C=O) groups excluding carboxylic acids is 1. The SMILES string of the molecule is CC(C)C(CCN)CCC(=O)NCC1CC(O)C1. The van der Waals surface area contributed by atoms with Gasteiger partial charge in [0.15, 0.2) is 0 Å². The number of aliphatic hydroxyl groups is 1. The topological polar surface area (TPSA) is 75.4 Å². The molecule has 1 unspecified atom stereocenters. The van der Waals surface area contributed by atoms with Gasteiger partial charge in [0.25, 0.3) is 0 Å². The third-order valence-electron chi connectivity index (χ3n) is 4.02. The van der Waals surface area contributed by atoms with Crippen LogP contribution in [0, 0.1) is 17.8 Å². The van der Waals surface area contributed by atoms with Crippen molar-refractivity contribution in [1.29, 1.82) is 0 Å². The van der Waals surface area contributed by atoms with Crippen molar-refractivity contribution < 1.29 is 9.90 Å². The first-order chi connectivity index (χ1) is 8.52.